The van der Waals surface area contributed by atoms with Gasteiger partial charge in [-0.3, -0.25) is 9.59 Å². The minimum absolute atomic E-state index is 0.0836. The van der Waals surface area contributed by atoms with Crippen LogP contribution in [0, 0.1) is 0 Å². The molecule has 6 nitrogen and oxygen atoms in total. The number of likely N-dealkylation sites (tertiary alicyclic amines) is 1. The van der Waals surface area contributed by atoms with Crippen LogP contribution in [0.2, 0.25) is 0 Å². The second-order valence-corrected chi connectivity index (χ2v) is 4.84. The standard InChI is InChI=1S/C13H24N2O4/c1-19-10-12(17)14-11-5-7-15(8-6-11)13(18)4-2-3-9-16/h11,16H,2-10H2,1H3,(H,14,17). The lowest BCUT2D eigenvalue weighted by Gasteiger charge is -2.32. The van der Waals surface area contributed by atoms with Gasteiger partial charge in [0.25, 0.3) is 0 Å². The molecule has 2 amide bonds. The summed E-state index contributed by atoms with van der Waals surface area (Å²) in [5, 5.41) is 11.6. The van der Waals surface area contributed by atoms with Crippen LogP contribution in [0.15, 0.2) is 0 Å². The Morgan fingerprint density at radius 3 is 2.58 bits per heavy atom. The fourth-order valence-corrected chi connectivity index (χ4v) is 2.22. The summed E-state index contributed by atoms with van der Waals surface area (Å²) in [5.74, 6) is 0.0466. The maximum Gasteiger partial charge on any atom is 0.246 e. The van der Waals surface area contributed by atoms with Gasteiger partial charge in [0, 0.05) is 39.3 Å². The predicted molar refractivity (Wildman–Crippen MR) is 70.6 cm³/mol. The van der Waals surface area contributed by atoms with Crippen LogP contribution in [0.5, 0.6) is 0 Å². The summed E-state index contributed by atoms with van der Waals surface area (Å²) in [5.41, 5.74) is 0. The molecule has 0 aliphatic carbocycles. The fraction of sp³-hybridized carbons (Fsp3) is 0.846. The van der Waals surface area contributed by atoms with Gasteiger partial charge in [0.2, 0.25) is 11.8 Å². The summed E-state index contributed by atoms with van der Waals surface area (Å²) >= 11 is 0. The molecule has 0 unspecified atom stereocenters. The third-order valence-electron chi connectivity index (χ3n) is 3.29. The topological polar surface area (TPSA) is 78.9 Å². The first-order valence-electron chi connectivity index (χ1n) is 6.84. The number of nitrogens with zero attached hydrogens (tertiary/aromatic N) is 1. The molecule has 0 aromatic carbocycles. The van der Waals surface area contributed by atoms with Crippen molar-refractivity contribution >= 4 is 11.8 Å². The number of hydrogen-bond donors (Lipinski definition) is 2. The van der Waals surface area contributed by atoms with Crippen LogP contribution in [-0.4, -0.2) is 61.3 Å². The number of carbonyl (C=O) groups excluding carboxylic acids is 2. The molecule has 1 saturated heterocycles. The van der Waals surface area contributed by atoms with E-state index in [9.17, 15) is 9.59 Å². The van der Waals surface area contributed by atoms with Crippen LogP contribution in [0.3, 0.4) is 0 Å². The van der Waals surface area contributed by atoms with Crippen LogP contribution in [0.4, 0.5) is 0 Å². The Balaban J connectivity index is 2.21. The number of amides is 2. The van der Waals surface area contributed by atoms with Gasteiger partial charge in [0.15, 0.2) is 0 Å². The molecule has 1 aliphatic rings. The molecule has 1 rings (SSSR count). The Labute approximate surface area is 114 Å². The molecule has 1 heterocycles. The van der Waals surface area contributed by atoms with Gasteiger partial charge in [0.1, 0.15) is 6.61 Å². The highest BCUT2D eigenvalue weighted by molar-refractivity contribution is 5.78. The number of ether oxygens (including phenoxy) is 1. The number of rotatable bonds is 7. The van der Waals surface area contributed by atoms with Gasteiger partial charge in [-0.2, -0.15) is 0 Å². The summed E-state index contributed by atoms with van der Waals surface area (Å²) in [6.07, 6.45) is 3.50. The molecule has 0 bridgehead atoms. The first-order chi connectivity index (χ1) is 9.17. The lowest BCUT2D eigenvalue weighted by molar-refractivity contribution is -0.132. The molecule has 0 spiro atoms. The summed E-state index contributed by atoms with van der Waals surface area (Å²) in [4.78, 5) is 25.0. The molecule has 1 fully saturated rings. The minimum atomic E-state index is -0.102. The Kier molecular flexibility index (Phi) is 7.43. The maximum atomic E-state index is 11.8. The number of piperidine rings is 1. The van der Waals surface area contributed by atoms with Gasteiger partial charge in [-0.1, -0.05) is 0 Å². The quantitative estimate of drug-likeness (QED) is 0.635. The van der Waals surface area contributed by atoms with E-state index in [1.807, 2.05) is 4.90 Å². The Bertz CT molecular complexity index is 288. The number of carbonyl (C=O) groups is 2. The van der Waals surface area contributed by atoms with Crippen molar-refractivity contribution in [2.75, 3.05) is 33.4 Å². The van der Waals surface area contributed by atoms with Crippen molar-refractivity contribution in [3.8, 4) is 0 Å². The van der Waals surface area contributed by atoms with Crippen LogP contribution in [-0.2, 0) is 14.3 Å². The van der Waals surface area contributed by atoms with Crippen LogP contribution < -0.4 is 5.32 Å². The number of hydrogen-bond acceptors (Lipinski definition) is 4. The predicted octanol–water partition coefficient (Wildman–Crippen LogP) is -0.0974. The Morgan fingerprint density at radius 2 is 2.00 bits per heavy atom. The smallest absolute Gasteiger partial charge is 0.246 e. The second kappa shape index (κ2) is 8.87. The highest BCUT2D eigenvalue weighted by Gasteiger charge is 2.23. The zero-order chi connectivity index (χ0) is 14.1. The van der Waals surface area contributed by atoms with E-state index in [1.165, 1.54) is 7.11 Å². The van der Waals surface area contributed by atoms with E-state index in [4.69, 9.17) is 9.84 Å². The number of nitrogens with one attached hydrogen (secondary N) is 1. The van der Waals surface area contributed by atoms with E-state index in [0.717, 1.165) is 19.3 Å². The van der Waals surface area contributed by atoms with Crippen molar-refractivity contribution in [3.63, 3.8) is 0 Å². The largest absolute Gasteiger partial charge is 0.396 e. The molecule has 6 heteroatoms. The summed E-state index contributed by atoms with van der Waals surface area (Å²) in [6, 6.07) is 0.143. The van der Waals surface area contributed by atoms with Gasteiger partial charge in [-0.05, 0) is 25.7 Å². The van der Waals surface area contributed by atoms with E-state index in [1.54, 1.807) is 0 Å². The van der Waals surface area contributed by atoms with E-state index in [-0.39, 0.29) is 31.1 Å². The average molecular weight is 272 g/mol. The van der Waals surface area contributed by atoms with E-state index in [0.29, 0.717) is 25.9 Å². The summed E-state index contributed by atoms with van der Waals surface area (Å²) < 4.78 is 4.76. The van der Waals surface area contributed by atoms with Gasteiger partial charge >= 0.3 is 0 Å². The first-order valence-corrected chi connectivity index (χ1v) is 6.84. The Hall–Kier alpha value is -1.14. The van der Waals surface area contributed by atoms with E-state index < -0.39 is 0 Å². The van der Waals surface area contributed by atoms with E-state index in [2.05, 4.69) is 5.32 Å². The minimum Gasteiger partial charge on any atom is -0.396 e. The van der Waals surface area contributed by atoms with Crippen molar-refractivity contribution in [2.45, 2.75) is 38.1 Å². The SMILES string of the molecule is COCC(=O)NC1CCN(C(=O)CCCCO)CC1. The van der Waals surface area contributed by atoms with Crippen LogP contribution in [0.1, 0.15) is 32.1 Å². The molecule has 0 aromatic heterocycles. The lowest BCUT2D eigenvalue weighted by Crippen LogP contribution is -2.47. The van der Waals surface area contributed by atoms with Crippen molar-refractivity contribution in [1.82, 2.24) is 10.2 Å². The molecule has 110 valence electrons. The van der Waals surface area contributed by atoms with Gasteiger partial charge < -0.3 is 20.1 Å². The van der Waals surface area contributed by atoms with Gasteiger partial charge in [-0.25, -0.2) is 0 Å². The normalized spacial score (nSPS) is 16.4. The van der Waals surface area contributed by atoms with E-state index >= 15 is 0 Å². The van der Waals surface area contributed by atoms with Crippen molar-refractivity contribution < 1.29 is 19.4 Å². The second-order valence-electron chi connectivity index (χ2n) is 4.84. The molecule has 1 aliphatic heterocycles. The number of aliphatic hydroxyl groups is 1. The monoisotopic (exact) mass is 272 g/mol. The fourth-order valence-electron chi connectivity index (χ4n) is 2.22. The third kappa shape index (κ3) is 6.02. The molecular weight excluding hydrogens is 248 g/mol. The highest BCUT2D eigenvalue weighted by atomic mass is 16.5. The molecule has 0 radical (unpaired) electrons. The lowest BCUT2D eigenvalue weighted by atomic mass is 10.0. The molecule has 0 aromatic rings. The van der Waals surface area contributed by atoms with Crippen molar-refractivity contribution in [2.24, 2.45) is 0 Å². The maximum absolute atomic E-state index is 11.8. The first kappa shape index (κ1) is 15.9. The van der Waals surface area contributed by atoms with Crippen LogP contribution in [0.25, 0.3) is 0 Å². The summed E-state index contributed by atoms with van der Waals surface area (Å²) in [7, 11) is 1.49. The van der Waals surface area contributed by atoms with Crippen molar-refractivity contribution in [1.29, 1.82) is 0 Å². The molecule has 19 heavy (non-hydrogen) atoms. The van der Waals surface area contributed by atoms with Gasteiger partial charge in [-0.15, -0.1) is 0 Å². The molecule has 0 saturated carbocycles. The van der Waals surface area contributed by atoms with Crippen LogP contribution >= 0.6 is 0 Å². The number of methoxy groups -OCH3 is 1. The Morgan fingerprint density at radius 1 is 1.32 bits per heavy atom. The molecular formula is C13H24N2O4. The zero-order valence-corrected chi connectivity index (χ0v) is 11.6. The van der Waals surface area contributed by atoms with Gasteiger partial charge in [0.05, 0.1) is 0 Å². The zero-order valence-electron chi connectivity index (χ0n) is 11.6. The highest BCUT2D eigenvalue weighted by Crippen LogP contribution is 2.12. The summed E-state index contributed by atoms with van der Waals surface area (Å²) in [6.45, 7) is 1.60. The van der Waals surface area contributed by atoms with Crippen molar-refractivity contribution in [3.05, 3.63) is 0 Å². The third-order valence-corrected chi connectivity index (χ3v) is 3.29. The molecule has 0 atom stereocenters. The average Bonchev–Trinajstić information content (AvgIpc) is 2.40. The number of unbranched alkanes of at least 4 members (excludes halogenated alkanes) is 1. The molecule has 2 N–H and O–H groups in total. The number of aliphatic hydroxyl groups excluding tert-OH is 1.